The molecule has 0 atom stereocenters. The van der Waals surface area contributed by atoms with E-state index >= 15 is 0 Å². The first-order valence-corrected chi connectivity index (χ1v) is 9.79. The van der Waals surface area contributed by atoms with Crippen LogP contribution in [-0.4, -0.2) is 16.7 Å². The van der Waals surface area contributed by atoms with Gasteiger partial charge < -0.3 is 16.8 Å². The number of allylic oxidation sites excluding steroid dienone is 1. The monoisotopic (exact) mass is 411 g/mol. The van der Waals surface area contributed by atoms with Crippen LogP contribution in [0.25, 0.3) is 11.3 Å². The molecule has 2 aromatic carbocycles. The van der Waals surface area contributed by atoms with Crippen molar-refractivity contribution in [2.45, 2.75) is 13.3 Å². The number of rotatable bonds is 7. The summed E-state index contributed by atoms with van der Waals surface area (Å²) in [7, 11) is 0. The summed E-state index contributed by atoms with van der Waals surface area (Å²) in [4.78, 5) is 20.7. The van der Waals surface area contributed by atoms with Gasteiger partial charge in [0.2, 0.25) is 5.91 Å². The van der Waals surface area contributed by atoms with E-state index in [1.807, 2.05) is 54.6 Å². The van der Waals surface area contributed by atoms with E-state index in [0.29, 0.717) is 17.2 Å². The molecule has 0 fully saturated rings. The summed E-state index contributed by atoms with van der Waals surface area (Å²) in [5, 5.41) is 2.77. The summed E-state index contributed by atoms with van der Waals surface area (Å²) in [5.74, 6) is 0.492. The van der Waals surface area contributed by atoms with Gasteiger partial charge in [0.25, 0.3) is 0 Å². The number of pyridine rings is 1. The molecule has 156 valence electrons. The van der Waals surface area contributed by atoms with E-state index in [1.54, 1.807) is 13.0 Å². The molecule has 0 unspecified atom stereocenters. The Morgan fingerprint density at radius 3 is 2.55 bits per heavy atom. The third-order valence-corrected chi connectivity index (χ3v) is 4.35. The minimum atomic E-state index is -0.273. The van der Waals surface area contributed by atoms with Gasteiger partial charge in [-0.2, -0.15) is 0 Å². The van der Waals surface area contributed by atoms with E-state index in [4.69, 9.17) is 11.5 Å². The Balaban J connectivity index is 2.04. The summed E-state index contributed by atoms with van der Waals surface area (Å²) in [6, 6.07) is 21.5. The molecule has 5 N–H and O–H groups in total. The molecule has 6 heteroatoms. The fourth-order valence-corrected chi connectivity index (χ4v) is 3.06. The van der Waals surface area contributed by atoms with Crippen LogP contribution in [0.5, 0.6) is 0 Å². The van der Waals surface area contributed by atoms with Crippen molar-refractivity contribution in [3.63, 3.8) is 0 Å². The van der Waals surface area contributed by atoms with E-state index in [-0.39, 0.29) is 11.7 Å². The molecule has 1 amide bonds. The Morgan fingerprint density at radius 1 is 1.06 bits per heavy atom. The van der Waals surface area contributed by atoms with Gasteiger partial charge in [0.05, 0.1) is 5.69 Å². The first-order chi connectivity index (χ1) is 14.9. The number of nitrogens with two attached hydrogens (primary N) is 2. The minimum absolute atomic E-state index is 0.273. The first kappa shape index (κ1) is 21.5. The van der Waals surface area contributed by atoms with Crippen LogP contribution in [0, 0.1) is 0 Å². The number of amides is 1. The van der Waals surface area contributed by atoms with Crippen LogP contribution >= 0.6 is 0 Å². The highest BCUT2D eigenvalue weighted by atomic mass is 16.1. The highest BCUT2D eigenvalue weighted by Gasteiger charge is 2.08. The molecule has 0 saturated carbocycles. The molecule has 1 heterocycles. The molecular formula is C25H25N5O. The zero-order valence-electron chi connectivity index (χ0n) is 17.4. The van der Waals surface area contributed by atoms with E-state index < -0.39 is 0 Å². The van der Waals surface area contributed by atoms with Gasteiger partial charge in [0, 0.05) is 16.9 Å². The average molecular weight is 412 g/mol. The lowest BCUT2D eigenvalue weighted by Crippen LogP contribution is -2.10. The number of carbonyl (C=O) groups excluding carboxylic acids is 1. The summed E-state index contributed by atoms with van der Waals surface area (Å²) in [5.41, 5.74) is 16.7. The third-order valence-electron chi connectivity index (χ3n) is 4.35. The van der Waals surface area contributed by atoms with Crippen LogP contribution in [0.15, 0.2) is 96.2 Å². The molecule has 31 heavy (non-hydrogen) atoms. The number of aliphatic imine (C=N–C) groups is 1. The largest absolute Gasteiger partial charge is 0.402 e. The second-order valence-electron chi connectivity index (χ2n) is 7.08. The lowest BCUT2D eigenvalue weighted by Gasteiger charge is -2.10. The van der Waals surface area contributed by atoms with Crippen molar-refractivity contribution >= 4 is 23.2 Å². The molecule has 0 spiro atoms. The van der Waals surface area contributed by atoms with Gasteiger partial charge in [-0.15, -0.1) is 0 Å². The number of nitrogens with zero attached hydrogens (tertiary/aromatic N) is 2. The van der Waals surface area contributed by atoms with Crippen molar-refractivity contribution in [1.82, 2.24) is 4.98 Å². The zero-order chi connectivity index (χ0) is 22.2. The fourth-order valence-electron chi connectivity index (χ4n) is 3.06. The number of carbonyl (C=O) groups is 1. The Bertz CT molecular complexity index is 1150. The van der Waals surface area contributed by atoms with Gasteiger partial charge in [-0.05, 0) is 60.9 Å². The Labute approximate surface area is 182 Å². The smallest absolute Gasteiger partial charge is 0.247 e. The van der Waals surface area contributed by atoms with Crippen molar-refractivity contribution in [3.8, 4) is 11.3 Å². The van der Waals surface area contributed by atoms with Crippen molar-refractivity contribution < 1.29 is 4.79 Å². The van der Waals surface area contributed by atoms with Crippen LogP contribution < -0.4 is 16.8 Å². The predicted octanol–water partition coefficient (Wildman–Crippen LogP) is 4.32. The molecule has 0 aliphatic carbocycles. The number of aromatic nitrogens is 1. The molecule has 0 aliphatic rings. The zero-order valence-corrected chi connectivity index (χ0v) is 17.4. The molecule has 0 aliphatic heterocycles. The number of hydrogen-bond donors (Lipinski definition) is 3. The van der Waals surface area contributed by atoms with Crippen molar-refractivity contribution in [2.24, 2.45) is 16.5 Å². The highest BCUT2D eigenvalue weighted by Crippen LogP contribution is 2.26. The Hall–Kier alpha value is -4.19. The lowest BCUT2D eigenvalue weighted by molar-refractivity contribution is -0.111. The maximum atomic E-state index is 11.7. The quantitative estimate of drug-likeness (QED) is 0.306. The maximum absolute atomic E-state index is 11.7. The van der Waals surface area contributed by atoms with E-state index in [1.165, 1.54) is 11.6 Å². The molecule has 3 aromatic rings. The first-order valence-electron chi connectivity index (χ1n) is 9.79. The number of anilines is 1. The van der Waals surface area contributed by atoms with Crippen LogP contribution in [0.2, 0.25) is 0 Å². The van der Waals surface area contributed by atoms with E-state index in [2.05, 4.69) is 34.0 Å². The number of hydrogen-bond acceptors (Lipinski definition) is 4. The second kappa shape index (κ2) is 10.0. The number of amidine groups is 1. The van der Waals surface area contributed by atoms with Crippen molar-refractivity contribution in [1.29, 1.82) is 0 Å². The van der Waals surface area contributed by atoms with Crippen LogP contribution in [-0.2, 0) is 11.2 Å². The average Bonchev–Trinajstić information content (AvgIpc) is 2.73. The van der Waals surface area contributed by atoms with Gasteiger partial charge in [-0.25, -0.2) is 9.98 Å². The number of benzene rings is 2. The topological polar surface area (TPSA) is 106 Å². The fraction of sp³-hybridized carbons (Fsp3) is 0.0800. The van der Waals surface area contributed by atoms with Gasteiger partial charge >= 0.3 is 0 Å². The lowest BCUT2D eigenvalue weighted by atomic mass is 10.0. The standard InChI is InChI=1S/C25H25N5O/c1-3-25(31)28-21-11-7-10-20(16-21)22-14-19(13-18-8-5-4-6-9-18)15-24(29-22)30-23(27)12-17(2)26/h3-12,14-16H,1,13,26H2,2H3,(H,28,31)(H2,27,29,30)/b17-12-. The normalized spacial score (nSPS) is 11.8. The third kappa shape index (κ3) is 6.40. The summed E-state index contributed by atoms with van der Waals surface area (Å²) in [6.07, 6.45) is 3.54. The SMILES string of the molecule is C=CC(=O)Nc1cccc(-c2cc(Cc3ccccc3)cc(N=C(N)/C=C(/C)N)n2)c1. The molecule has 0 radical (unpaired) electrons. The van der Waals surface area contributed by atoms with Gasteiger partial charge in [-0.1, -0.05) is 49.0 Å². The minimum Gasteiger partial charge on any atom is -0.402 e. The molecular weight excluding hydrogens is 386 g/mol. The van der Waals surface area contributed by atoms with E-state index in [9.17, 15) is 4.79 Å². The van der Waals surface area contributed by atoms with Crippen molar-refractivity contribution in [3.05, 3.63) is 102 Å². The maximum Gasteiger partial charge on any atom is 0.247 e. The van der Waals surface area contributed by atoms with Crippen molar-refractivity contribution in [2.75, 3.05) is 5.32 Å². The van der Waals surface area contributed by atoms with Gasteiger partial charge in [0.1, 0.15) is 5.84 Å². The highest BCUT2D eigenvalue weighted by molar-refractivity contribution is 5.99. The second-order valence-corrected chi connectivity index (χ2v) is 7.08. The van der Waals surface area contributed by atoms with E-state index in [0.717, 1.165) is 23.2 Å². The van der Waals surface area contributed by atoms with Crippen LogP contribution in [0.3, 0.4) is 0 Å². The Kier molecular flexibility index (Phi) is 6.96. The van der Waals surface area contributed by atoms with Gasteiger partial charge in [0.15, 0.2) is 5.82 Å². The van der Waals surface area contributed by atoms with Gasteiger partial charge in [-0.3, -0.25) is 4.79 Å². The molecule has 0 bridgehead atoms. The molecule has 6 nitrogen and oxygen atoms in total. The number of nitrogens with one attached hydrogen (secondary N) is 1. The Morgan fingerprint density at radius 2 is 1.84 bits per heavy atom. The summed E-state index contributed by atoms with van der Waals surface area (Å²) in [6.45, 7) is 5.23. The van der Waals surface area contributed by atoms with Crippen LogP contribution in [0.1, 0.15) is 18.1 Å². The van der Waals surface area contributed by atoms with Crippen LogP contribution in [0.4, 0.5) is 11.5 Å². The molecule has 3 rings (SSSR count). The predicted molar refractivity (Wildman–Crippen MR) is 127 cm³/mol. The molecule has 1 aromatic heterocycles. The summed E-state index contributed by atoms with van der Waals surface area (Å²) >= 11 is 0. The summed E-state index contributed by atoms with van der Waals surface area (Å²) < 4.78 is 0. The molecule has 0 saturated heterocycles.